The van der Waals surface area contributed by atoms with E-state index in [2.05, 4.69) is 172 Å². The molecule has 1 radical (unpaired) electrons. The topological polar surface area (TPSA) is 43.9 Å². The fourth-order valence-electron chi connectivity index (χ4n) is 11.1. The maximum absolute atomic E-state index is 9.37. The Labute approximate surface area is 491 Å². The largest absolute Gasteiger partial charge is 0.501 e. The van der Waals surface area contributed by atoms with Gasteiger partial charge in [-0.05, 0) is 147 Å². The van der Waals surface area contributed by atoms with Crippen molar-refractivity contribution in [3.8, 4) is 61.7 Å². The first-order valence-corrected chi connectivity index (χ1v) is 27.7. The van der Waals surface area contributed by atoms with E-state index in [1.165, 1.54) is 34.0 Å². The zero-order valence-corrected chi connectivity index (χ0v) is 49.3. The molecule has 11 aromatic rings. The number of benzene rings is 8. The number of furan rings is 1. The van der Waals surface area contributed by atoms with Crippen LogP contribution in [0.15, 0.2) is 187 Å². The summed E-state index contributed by atoms with van der Waals surface area (Å²) < 4.78 is 58.9. The third-order valence-electron chi connectivity index (χ3n) is 15.4. The summed E-state index contributed by atoms with van der Waals surface area (Å²) in [5, 5.41) is 2.14. The first-order valence-electron chi connectivity index (χ1n) is 30.7. The number of imidazole rings is 1. The summed E-state index contributed by atoms with van der Waals surface area (Å²) in [5.74, 6) is 0.800. The van der Waals surface area contributed by atoms with Crippen LogP contribution in [0.5, 0.6) is 0 Å². The fourth-order valence-corrected chi connectivity index (χ4v) is 11.1. The van der Waals surface area contributed by atoms with Crippen molar-refractivity contribution in [2.45, 2.75) is 119 Å². The van der Waals surface area contributed by atoms with Gasteiger partial charge in [-0.25, -0.2) is 0 Å². The molecule has 0 atom stereocenters. The number of aromatic nitrogens is 3. The van der Waals surface area contributed by atoms with Gasteiger partial charge < -0.3 is 14.0 Å². The maximum atomic E-state index is 9.37. The number of hydrogen-bond donors (Lipinski definition) is 0. The minimum absolute atomic E-state index is 0. The Kier molecular flexibility index (Phi) is 13.9. The summed E-state index contributed by atoms with van der Waals surface area (Å²) >= 11 is 0. The van der Waals surface area contributed by atoms with E-state index in [4.69, 9.17) is 16.3 Å². The van der Waals surface area contributed by atoms with Crippen LogP contribution in [0.3, 0.4) is 0 Å². The molecule has 4 nitrogen and oxygen atoms in total. The van der Waals surface area contributed by atoms with Gasteiger partial charge in [-0.3, -0.25) is 4.98 Å². The molecule has 1 fully saturated rings. The van der Waals surface area contributed by atoms with E-state index < -0.39 is 24.5 Å². The Hall–Kier alpha value is -7.17. The Bertz CT molecular complexity index is 4140. The molecular formula is C74H73IrN3O-2. The van der Waals surface area contributed by atoms with Crippen molar-refractivity contribution in [1.29, 1.82) is 0 Å². The number of hydrogen-bond acceptors (Lipinski definition) is 3. The van der Waals surface area contributed by atoms with Gasteiger partial charge in [0.15, 0.2) is 0 Å². The van der Waals surface area contributed by atoms with Gasteiger partial charge in [0.05, 0.1) is 22.4 Å². The van der Waals surface area contributed by atoms with Gasteiger partial charge in [-0.2, -0.15) is 0 Å². The van der Waals surface area contributed by atoms with Gasteiger partial charge in [0.1, 0.15) is 5.58 Å². The average Bonchev–Trinajstić information content (AvgIpc) is 2.04. The Morgan fingerprint density at radius 1 is 0.709 bits per heavy atom. The molecule has 79 heavy (non-hydrogen) atoms. The third-order valence-corrected chi connectivity index (χ3v) is 15.4. The third kappa shape index (κ3) is 11.8. The second-order valence-corrected chi connectivity index (χ2v) is 23.5. The zero-order chi connectivity index (χ0) is 59.5. The molecule has 3 heterocycles. The molecule has 0 amide bonds. The minimum Gasteiger partial charge on any atom is -0.501 e. The molecule has 1 aliphatic rings. The molecule has 0 saturated heterocycles. The Balaban J connectivity index is 0.000000227. The van der Waals surface area contributed by atoms with Crippen LogP contribution < -0.4 is 0 Å². The fraction of sp³-hybridized carbons (Fsp3) is 0.270. The number of fused-ring (bicyclic) bond motifs is 4. The van der Waals surface area contributed by atoms with Crippen molar-refractivity contribution in [2.24, 2.45) is 10.8 Å². The van der Waals surface area contributed by atoms with E-state index in [9.17, 15) is 1.37 Å². The summed E-state index contributed by atoms with van der Waals surface area (Å²) in [5.41, 5.74) is 17.3. The van der Waals surface area contributed by atoms with E-state index in [1.54, 1.807) is 24.4 Å². The minimum atomic E-state index is -2.25. The van der Waals surface area contributed by atoms with E-state index >= 15 is 0 Å². The summed E-state index contributed by atoms with van der Waals surface area (Å²) in [4.78, 5) is 9.79. The number of aryl methyl sites for hydroxylation is 1. The summed E-state index contributed by atoms with van der Waals surface area (Å²) in [7, 11) is 0. The summed E-state index contributed by atoms with van der Waals surface area (Å²) in [6, 6.07) is 66.0. The molecule has 401 valence electrons. The van der Waals surface area contributed by atoms with E-state index in [0.29, 0.717) is 27.8 Å². The van der Waals surface area contributed by atoms with E-state index in [-0.39, 0.29) is 37.5 Å². The van der Waals surface area contributed by atoms with Crippen LogP contribution in [0.2, 0.25) is 0 Å². The molecule has 0 unspecified atom stereocenters. The van der Waals surface area contributed by atoms with Crippen molar-refractivity contribution >= 4 is 33.0 Å². The maximum Gasteiger partial charge on any atom is 0.121 e. The second-order valence-electron chi connectivity index (χ2n) is 23.5. The zero-order valence-electron chi connectivity index (χ0n) is 52.9. The monoisotopic (exact) mass is 1220 g/mol. The van der Waals surface area contributed by atoms with E-state index in [1.807, 2.05) is 63.2 Å². The second kappa shape index (κ2) is 22.9. The number of rotatable bonds is 10. The smallest absolute Gasteiger partial charge is 0.121 e. The first-order chi connectivity index (χ1) is 39.9. The molecule has 3 aromatic heterocycles. The molecule has 1 saturated carbocycles. The number of nitrogens with zero attached hydrogens (tertiary/aromatic N) is 3. The van der Waals surface area contributed by atoms with Gasteiger partial charge in [0.25, 0.3) is 0 Å². The van der Waals surface area contributed by atoms with Crippen LogP contribution in [0.25, 0.3) is 94.7 Å². The predicted molar refractivity (Wildman–Crippen MR) is 329 cm³/mol. The van der Waals surface area contributed by atoms with Crippen LogP contribution in [0.4, 0.5) is 0 Å². The predicted octanol–water partition coefficient (Wildman–Crippen LogP) is 20.8. The summed E-state index contributed by atoms with van der Waals surface area (Å²) in [6.45, 7) is 17.2. The quantitative estimate of drug-likeness (QED) is 0.128. The van der Waals surface area contributed by atoms with Crippen molar-refractivity contribution in [3.63, 3.8) is 0 Å². The van der Waals surface area contributed by atoms with Crippen molar-refractivity contribution in [1.82, 2.24) is 14.5 Å². The molecule has 0 spiro atoms. The van der Waals surface area contributed by atoms with Gasteiger partial charge in [0.2, 0.25) is 0 Å². The molecule has 12 rings (SSSR count). The summed E-state index contributed by atoms with van der Waals surface area (Å²) in [6.07, 6.45) is 4.04. The Morgan fingerprint density at radius 2 is 1.35 bits per heavy atom. The van der Waals surface area contributed by atoms with Gasteiger partial charge >= 0.3 is 0 Å². The molecule has 1 aliphatic carbocycles. The van der Waals surface area contributed by atoms with Crippen molar-refractivity contribution < 1.29 is 32.7 Å². The molecule has 0 bridgehead atoms. The van der Waals surface area contributed by atoms with Crippen LogP contribution in [-0.2, 0) is 26.5 Å². The molecule has 5 heteroatoms. The molecule has 8 aromatic carbocycles. The number of para-hydroxylation sites is 2. The van der Waals surface area contributed by atoms with Crippen LogP contribution in [0.1, 0.15) is 142 Å². The van der Waals surface area contributed by atoms with E-state index in [0.717, 1.165) is 92.3 Å². The Morgan fingerprint density at radius 3 is 2.00 bits per heavy atom. The van der Waals surface area contributed by atoms with Crippen molar-refractivity contribution in [3.05, 3.63) is 222 Å². The van der Waals surface area contributed by atoms with Crippen molar-refractivity contribution in [2.75, 3.05) is 0 Å². The SMILES string of the molecule is [2H]C([2H])([2H])c1c[c-]c(-c2ccc(C([2H])([2H])C(C)(C)C)cn2)cc1-c1ccccc1.[2H]C1(c2ccc(-c3cc(C(C)C)c(-n4c(-c5[c-]ccc6c5oc5cc(-c7ccccc7)ccc56)nc5ccccc54)c(C(C)C)c3)cc2)CCC(C)(C)CC1.[Ir]. The van der Waals surface area contributed by atoms with Crippen LogP contribution >= 0.6 is 0 Å². The van der Waals surface area contributed by atoms with Gasteiger partial charge in [-0.15, -0.1) is 47.5 Å². The van der Waals surface area contributed by atoms with Crippen LogP contribution in [-0.4, -0.2) is 14.5 Å². The molecule has 0 aliphatic heterocycles. The molecule has 0 N–H and O–H groups in total. The standard InChI is InChI=1S/C51H49N2O.C23H24N.Ir/c1-32(2)43-29-39(36-21-19-35(20-22-36)37-25-27-51(5,6)28-26-37)30-44(33(3)4)48(43)53-46-18-11-10-17-45(46)52-50(53)42-16-12-15-41-40-24-23-38(31-47(40)54-49(41)42)34-13-8-7-9-14-34;1-17-10-12-20(14-21(17)19-8-6-5-7-9-19)22-13-11-18(16-24-22)15-23(2,3)4;/h7-15,17-24,29-33,37H,25-28H2,1-6H3;5-11,13-14,16H,15H2,1-4H3;/q2*-1;/i37D;1D3,15D2;. The normalized spacial score (nSPS) is 15.6. The average molecular weight is 1220 g/mol. The molecular weight excluding hydrogens is 1140 g/mol. The first kappa shape index (κ1) is 47.8. The van der Waals surface area contributed by atoms with Gasteiger partial charge in [0, 0.05) is 45.6 Å². The number of pyridine rings is 1. The van der Waals surface area contributed by atoms with Gasteiger partial charge in [-0.1, -0.05) is 207 Å². The van der Waals surface area contributed by atoms with Crippen LogP contribution in [0, 0.1) is 29.8 Å².